The lowest BCUT2D eigenvalue weighted by Crippen LogP contribution is -2.44. The highest BCUT2D eigenvalue weighted by Gasteiger charge is 2.35. The lowest BCUT2D eigenvalue weighted by Gasteiger charge is -2.31. The Morgan fingerprint density at radius 2 is 1.89 bits per heavy atom. The van der Waals surface area contributed by atoms with Gasteiger partial charge in [-0.25, -0.2) is 0 Å². The van der Waals surface area contributed by atoms with Crippen molar-refractivity contribution in [2.24, 2.45) is 11.8 Å². The minimum atomic E-state index is -0.0311. The highest BCUT2D eigenvalue weighted by Crippen LogP contribution is 2.32. The van der Waals surface area contributed by atoms with Gasteiger partial charge in [-0.15, -0.1) is 0 Å². The molecule has 2 aliphatic carbocycles. The molecule has 1 aliphatic heterocycles. The molecule has 0 spiro atoms. The molecule has 3 N–H and O–H groups in total. The van der Waals surface area contributed by atoms with E-state index in [1.807, 2.05) is 0 Å². The summed E-state index contributed by atoms with van der Waals surface area (Å²) in [7, 11) is 0. The maximum atomic E-state index is 9.76. The molecule has 3 aliphatic rings. The van der Waals surface area contributed by atoms with Gasteiger partial charge in [0, 0.05) is 12.1 Å². The maximum Gasteiger partial charge on any atom is 0.0543 e. The van der Waals surface area contributed by atoms with Crippen LogP contribution in [0.4, 0.5) is 0 Å². The summed E-state index contributed by atoms with van der Waals surface area (Å²) >= 11 is 0. The van der Waals surface area contributed by atoms with Crippen molar-refractivity contribution in [1.29, 1.82) is 0 Å². The van der Waals surface area contributed by atoms with E-state index in [4.69, 9.17) is 0 Å². The van der Waals surface area contributed by atoms with Gasteiger partial charge in [-0.2, -0.15) is 0 Å². The molecule has 0 bridgehead atoms. The number of rotatable bonds is 4. The Labute approximate surface area is 117 Å². The first-order valence-corrected chi connectivity index (χ1v) is 8.48. The van der Waals surface area contributed by atoms with E-state index in [0.717, 1.165) is 37.4 Å². The van der Waals surface area contributed by atoms with Crippen LogP contribution in [0, 0.1) is 11.8 Å². The minimum Gasteiger partial charge on any atom is -0.393 e. The second-order valence-electron chi connectivity index (χ2n) is 7.00. The summed E-state index contributed by atoms with van der Waals surface area (Å²) < 4.78 is 0. The van der Waals surface area contributed by atoms with E-state index in [1.54, 1.807) is 0 Å². The first-order valence-electron chi connectivity index (χ1n) is 8.48. The summed E-state index contributed by atoms with van der Waals surface area (Å²) in [6.45, 7) is 2.35. The lowest BCUT2D eigenvalue weighted by molar-refractivity contribution is 0.0986. The quantitative estimate of drug-likeness (QED) is 0.730. The van der Waals surface area contributed by atoms with Crippen LogP contribution in [-0.2, 0) is 0 Å². The Balaban J connectivity index is 1.45. The Kier molecular flexibility index (Phi) is 4.78. The molecule has 2 saturated carbocycles. The molecule has 3 nitrogen and oxygen atoms in total. The van der Waals surface area contributed by atoms with Gasteiger partial charge in [-0.3, -0.25) is 0 Å². The largest absolute Gasteiger partial charge is 0.393 e. The van der Waals surface area contributed by atoms with Gasteiger partial charge in [0.05, 0.1) is 6.10 Å². The summed E-state index contributed by atoms with van der Waals surface area (Å²) in [5.74, 6) is 1.57. The molecular formula is C16H30N2O. The Morgan fingerprint density at radius 3 is 2.68 bits per heavy atom. The number of nitrogens with one attached hydrogen (secondary N) is 2. The van der Waals surface area contributed by atoms with Crippen molar-refractivity contribution in [3.05, 3.63) is 0 Å². The fourth-order valence-electron chi connectivity index (χ4n) is 4.57. The van der Waals surface area contributed by atoms with Crippen molar-refractivity contribution < 1.29 is 5.11 Å². The van der Waals surface area contributed by atoms with Gasteiger partial charge in [0.15, 0.2) is 0 Å². The van der Waals surface area contributed by atoms with Gasteiger partial charge in [-0.05, 0) is 69.9 Å². The Morgan fingerprint density at radius 1 is 1.00 bits per heavy atom. The highest BCUT2D eigenvalue weighted by atomic mass is 16.3. The van der Waals surface area contributed by atoms with Crippen LogP contribution >= 0.6 is 0 Å². The van der Waals surface area contributed by atoms with Crippen LogP contribution in [0.1, 0.15) is 57.8 Å². The number of aliphatic hydroxyl groups is 1. The third-order valence-electron chi connectivity index (χ3n) is 5.61. The van der Waals surface area contributed by atoms with Crippen LogP contribution in [0.3, 0.4) is 0 Å². The molecule has 110 valence electrons. The van der Waals surface area contributed by atoms with E-state index < -0.39 is 0 Å². The number of hydrogen-bond acceptors (Lipinski definition) is 3. The fraction of sp³-hybridized carbons (Fsp3) is 1.00. The average Bonchev–Trinajstić information content (AvgIpc) is 3.07. The molecule has 3 heteroatoms. The van der Waals surface area contributed by atoms with Crippen molar-refractivity contribution in [2.75, 3.05) is 13.1 Å². The van der Waals surface area contributed by atoms with E-state index in [1.165, 1.54) is 51.5 Å². The fourth-order valence-corrected chi connectivity index (χ4v) is 4.57. The lowest BCUT2D eigenvalue weighted by atomic mass is 9.86. The van der Waals surface area contributed by atoms with Crippen molar-refractivity contribution in [3.63, 3.8) is 0 Å². The van der Waals surface area contributed by atoms with Crippen LogP contribution in [0.5, 0.6) is 0 Å². The molecule has 0 radical (unpaired) electrons. The molecule has 1 saturated heterocycles. The summed E-state index contributed by atoms with van der Waals surface area (Å²) in [5.41, 5.74) is 0. The van der Waals surface area contributed by atoms with Crippen molar-refractivity contribution in [1.82, 2.24) is 10.6 Å². The number of aliphatic hydroxyl groups excluding tert-OH is 1. The van der Waals surface area contributed by atoms with Crippen LogP contribution in [0.25, 0.3) is 0 Å². The molecule has 5 atom stereocenters. The molecule has 19 heavy (non-hydrogen) atoms. The normalized spacial score (nSPS) is 43.7. The van der Waals surface area contributed by atoms with E-state index in [0.29, 0.717) is 5.92 Å². The van der Waals surface area contributed by atoms with Crippen molar-refractivity contribution in [2.45, 2.75) is 76.0 Å². The molecule has 3 fully saturated rings. The van der Waals surface area contributed by atoms with Crippen LogP contribution < -0.4 is 10.6 Å². The predicted octanol–water partition coefficient (Wildman–Crippen LogP) is 2.05. The van der Waals surface area contributed by atoms with Gasteiger partial charge in [0.25, 0.3) is 0 Å². The average molecular weight is 266 g/mol. The third kappa shape index (κ3) is 3.50. The summed E-state index contributed by atoms with van der Waals surface area (Å²) in [5, 5.41) is 17.3. The minimum absolute atomic E-state index is 0.0311. The molecule has 5 unspecified atom stereocenters. The van der Waals surface area contributed by atoms with E-state index in [9.17, 15) is 5.11 Å². The van der Waals surface area contributed by atoms with Gasteiger partial charge in [0.2, 0.25) is 0 Å². The molecule has 0 aromatic heterocycles. The highest BCUT2D eigenvalue weighted by molar-refractivity contribution is 4.93. The molecule has 0 amide bonds. The monoisotopic (exact) mass is 266 g/mol. The zero-order valence-corrected chi connectivity index (χ0v) is 12.1. The second-order valence-corrected chi connectivity index (χ2v) is 7.00. The van der Waals surface area contributed by atoms with E-state index in [-0.39, 0.29) is 6.10 Å². The summed E-state index contributed by atoms with van der Waals surface area (Å²) in [4.78, 5) is 0. The summed E-state index contributed by atoms with van der Waals surface area (Å²) in [6, 6.07) is 1.51. The van der Waals surface area contributed by atoms with Crippen LogP contribution in [-0.4, -0.2) is 36.4 Å². The zero-order valence-electron chi connectivity index (χ0n) is 12.1. The standard InChI is InChI=1S/C16H30N2O/c19-13-5-1-4-12(10-13)11-18-16-7-2-6-14(16)15-8-3-9-17-15/h12-19H,1-11H2. The van der Waals surface area contributed by atoms with Crippen molar-refractivity contribution >= 4 is 0 Å². The van der Waals surface area contributed by atoms with E-state index >= 15 is 0 Å². The van der Waals surface area contributed by atoms with E-state index in [2.05, 4.69) is 10.6 Å². The summed E-state index contributed by atoms with van der Waals surface area (Å²) in [6.07, 6.45) is 11.4. The first kappa shape index (κ1) is 13.8. The second kappa shape index (κ2) is 6.55. The third-order valence-corrected chi connectivity index (χ3v) is 5.61. The Hall–Kier alpha value is -0.120. The molecule has 0 aromatic carbocycles. The van der Waals surface area contributed by atoms with Crippen LogP contribution in [0.15, 0.2) is 0 Å². The predicted molar refractivity (Wildman–Crippen MR) is 78.1 cm³/mol. The Bertz CT molecular complexity index is 278. The first-order chi connectivity index (χ1) is 9.33. The van der Waals surface area contributed by atoms with Gasteiger partial charge in [-0.1, -0.05) is 12.8 Å². The molecule has 0 aromatic rings. The molecule has 1 heterocycles. The smallest absolute Gasteiger partial charge is 0.0543 e. The van der Waals surface area contributed by atoms with Crippen molar-refractivity contribution in [3.8, 4) is 0 Å². The molecule has 3 rings (SSSR count). The zero-order chi connectivity index (χ0) is 13.1. The van der Waals surface area contributed by atoms with Crippen LogP contribution in [0.2, 0.25) is 0 Å². The molecular weight excluding hydrogens is 236 g/mol. The SMILES string of the molecule is OC1CCCC(CNC2CCCC2C2CCCN2)C1. The van der Waals surface area contributed by atoms with Gasteiger partial charge < -0.3 is 15.7 Å². The maximum absolute atomic E-state index is 9.76. The number of hydrogen-bond donors (Lipinski definition) is 3. The topological polar surface area (TPSA) is 44.3 Å². The van der Waals surface area contributed by atoms with Gasteiger partial charge in [0.1, 0.15) is 0 Å². The van der Waals surface area contributed by atoms with Gasteiger partial charge >= 0.3 is 0 Å².